The molecule has 0 atom stereocenters. The van der Waals surface area contributed by atoms with Gasteiger partial charge in [-0.15, -0.1) is 0 Å². The molecule has 1 amide bonds. The normalized spacial score (nSPS) is 16.2. The summed E-state index contributed by atoms with van der Waals surface area (Å²) >= 11 is 0. The quantitative estimate of drug-likeness (QED) is 0.732. The third-order valence-corrected chi connectivity index (χ3v) is 3.96. The highest BCUT2D eigenvalue weighted by atomic mass is 16.2. The van der Waals surface area contributed by atoms with E-state index in [1.807, 2.05) is 4.90 Å². The molecular weight excluding hydrogens is 274 g/mol. The van der Waals surface area contributed by atoms with Gasteiger partial charge in [0, 0.05) is 21.9 Å². The van der Waals surface area contributed by atoms with Gasteiger partial charge < -0.3 is 4.90 Å². The van der Waals surface area contributed by atoms with E-state index in [4.69, 9.17) is 4.98 Å². The highest BCUT2D eigenvalue weighted by Crippen LogP contribution is 2.35. The van der Waals surface area contributed by atoms with E-state index < -0.39 is 0 Å². The molecule has 4 heteroatoms. The molecule has 1 aromatic rings. The number of nitrogens with zero attached hydrogens (tertiary/aromatic N) is 3. The summed E-state index contributed by atoms with van der Waals surface area (Å²) in [5.41, 5.74) is 2.10. The molecule has 0 N–H and O–H groups in total. The van der Waals surface area contributed by atoms with Crippen LogP contribution in [-0.2, 0) is 17.4 Å². The van der Waals surface area contributed by atoms with Crippen molar-refractivity contribution in [2.24, 2.45) is 0 Å². The number of hydrogen-bond acceptors (Lipinski definition) is 3. The monoisotopic (exact) mass is 303 g/mol. The number of aromatic nitrogens is 2. The van der Waals surface area contributed by atoms with E-state index in [-0.39, 0.29) is 22.3 Å². The van der Waals surface area contributed by atoms with Gasteiger partial charge >= 0.3 is 0 Å². The summed E-state index contributed by atoms with van der Waals surface area (Å²) in [5.74, 6) is 0.779. The smallest absolute Gasteiger partial charge is 0.273 e. The molecule has 0 aromatic carbocycles. The van der Waals surface area contributed by atoms with Crippen molar-refractivity contribution in [1.29, 1.82) is 0 Å². The van der Waals surface area contributed by atoms with E-state index in [2.05, 4.69) is 67.3 Å². The van der Waals surface area contributed by atoms with Gasteiger partial charge in [-0.2, -0.15) is 0 Å². The first-order chi connectivity index (χ1) is 9.73. The molecule has 122 valence electrons. The molecule has 0 saturated heterocycles. The van der Waals surface area contributed by atoms with Gasteiger partial charge in [0.1, 0.15) is 11.5 Å². The Morgan fingerprint density at radius 1 is 0.864 bits per heavy atom. The van der Waals surface area contributed by atoms with Crippen LogP contribution in [0.3, 0.4) is 0 Å². The van der Waals surface area contributed by atoms with Crippen molar-refractivity contribution in [2.75, 3.05) is 0 Å². The summed E-state index contributed by atoms with van der Waals surface area (Å²) in [6.07, 6.45) is 0. The second kappa shape index (κ2) is 4.77. The zero-order valence-electron chi connectivity index (χ0n) is 15.5. The maximum atomic E-state index is 12.8. The average molecular weight is 303 g/mol. The molecule has 22 heavy (non-hydrogen) atoms. The Hall–Kier alpha value is -1.45. The van der Waals surface area contributed by atoms with Crippen molar-refractivity contribution < 1.29 is 4.79 Å². The van der Waals surface area contributed by atoms with Gasteiger partial charge in [-0.05, 0) is 20.8 Å². The molecule has 0 bridgehead atoms. The first-order valence-corrected chi connectivity index (χ1v) is 7.97. The summed E-state index contributed by atoms with van der Waals surface area (Å²) in [7, 11) is 0. The molecule has 2 rings (SSSR count). The second-order valence-electron chi connectivity index (χ2n) is 9.29. The van der Waals surface area contributed by atoms with Crippen molar-refractivity contribution in [2.45, 2.75) is 85.2 Å². The summed E-state index contributed by atoms with van der Waals surface area (Å²) in [5, 5.41) is 0. The minimum atomic E-state index is -0.213. The standard InChI is InChI=1S/C18H29N3O/c1-16(2,3)13-11-10-21(18(7,8)9)14(22)12(11)19-15(20-13)17(4,5)6/h10H2,1-9H3. The predicted octanol–water partition coefficient (Wildman–Crippen LogP) is 3.83. The van der Waals surface area contributed by atoms with E-state index in [0.29, 0.717) is 12.2 Å². The molecule has 0 spiro atoms. The lowest BCUT2D eigenvalue weighted by Gasteiger charge is -2.31. The largest absolute Gasteiger partial charge is 0.328 e. The lowest BCUT2D eigenvalue weighted by molar-refractivity contribution is 0.0605. The van der Waals surface area contributed by atoms with Gasteiger partial charge in [0.15, 0.2) is 0 Å². The Labute approximate surface area is 134 Å². The van der Waals surface area contributed by atoms with Gasteiger partial charge in [-0.3, -0.25) is 4.79 Å². The van der Waals surface area contributed by atoms with E-state index in [0.717, 1.165) is 17.1 Å². The molecule has 2 heterocycles. The molecule has 0 saturated carbocycles. The first-order valence-electron chi connectivity index (χ1n) is 7.97. The predicted molar refractivity (Wildman–Crippen MR) is 89.1 cm³/mol. The zero-order valence-corrected chi connectivity index (χ0v) is 15.5. The van der Waals surface area contributed by atoms with Crippen LogP contribution in [0.2, 0.25) is 0 Å². The fraction of sp³-hybridized carbons (Fsp3) is 0.722. The van der Waals surface area contributed by atoms with E-state index in [9.17, 15) is 4.79 Å². The maximum Gasteiger partial charge on any atom is 0.273 e. The Balaban J connectivity index is 2.69. The van der Waals surface area contributed by atoms with Crippen LogP contribution in [0, 0.1) is 0 Å². The minimum absolute atomic E-state index is 0.0286. The Kier molecular flexibility index (Phi) is 3.67. The van der Waals surface area contributed by atoms with Crippen LogP contribution in [0.15, 0.2) is 0 Å². The van der Waals surface area contributed by atoms with Crippen molar-refractivity contribution >= 4 is 5.91 Å². The van der Waals surface area contributed by atoms with Crippen LogP contribution in [0.4, 0.5) is 0 Å². The molecule has 0 radical (unpaired) electrons. The van der Waals surface area contributed by atoms with Gasteiger partial charge in [-0.25, -0.2) is 9.97 Å². The van der Waals surface area contributed by atoms with Crippen LogP contribution in [0.25, 0.3) is 0 Å². The van der Waals surface area contributed by atoms with E-state index >= 15 is 0 Å². The molecule has 0 fully saturated rings. The molecule has 0 unspecified atom stereocenters. The topological polar surface area (TPSA) is 46.1 Å². The maximum absolute atomic E-state index is 12.8. The SMILES string of the molecule is CC(C)(C)c1nc2c(c(C(C)(C)C)n1)CN(C(C)(C)C)C2=O. The van der Waals surface area contributed by atoms with Crippen LogP contribution in [0.1, 0.15) is 89.9 Å². The number of fused-ring (bicyclic) bond motifs is 1. The molecule has 4 nitrogen and oxygen atoms in total. The third-order valence-electron chi connectivity index (χ3n) is 3.96. The van der Waals surface area contributed by atoms with Crippen molar-refractivity contribution in [1.82, 2.24) is 14.9 Å². The lowest BCUT2D eigenvalue weighted by atomic mass is 9.87. The summed E-state index contributed by atoms with van der Waals surface area (Å²) in [6.45, 7) is 19.5. The Morgan fingerprint density at radius 3 is 1.82 bits per heavy atom. The van der Waals surface area contributed by atoms with E-state index in [1.54, 1.807) is 0 Å². The fourth-order valence-corrected chi connectivity index (χ4v) is 2.67. The fourth-order valence-electron chi connectivity index (χ4n) is 2.67. The average Bonchev–Trinajstić information content (AvgIpc) is 2.63. The van der Waals surface area contributed by atoms with Crippen LogP contribution < -0.4 is 0 Å². The summed E-state index contributed by atoms with van der Waals surface area (Å²) in [6, 6.07) is 0. The van der Waals surface area contributed by atoms with Crippen molar-refractivity contribution in [3.63, 3.8) is 0 Å². The number of amides is 1. The Morgan fingerprint density at radius 2 is 1.41 bits per heavy atom. The van der Waals surface area contributed by atoms with Gasteiger partial charge in [0.05, 0.1) is 12.2 Å². The first kappa shape index (κ1) is 16.9. The molecular formula is C18H29N3O. The van der Waals surface area contributed by atoms with Crippen LogP contribution in [-0.4, -0.2) is 26.3 Å². The molecule has 1 aliphatic heterocycles. The van der Waals surface area contributed by atoms with Crippen LogP contribution >= 0.6 is 0 Å². The third kappa shape index (κ3) is 2.88. The van der Waals surface area contributed by atoms with Crippen molar-refractivity contribution in [3.05, 3.63) is 22.8 Å². The number of carbonyl (C=O) groups excluding carboxylic acids is 1. The van der Waals surface area contributed by atoms with Gasteiger partial charge in [-0.1, -0.05) is 41.5 Å². The Bertz CT molecular complexity index is 613. The van der Waals surface area contributed by atoms with Crippen LogP contribution in [0.5, 0.6) is 0 Å². The van der Waals surface area contributed by atoms with Gasteiger partial charge in [0.25, 0.3) is 5.91 Å². The minimum Gasteiger partial charge on any atom is -0.328 e. The zero-order chi connectivity index (χ0) is 17.1. The lowest BCUT2D eigenvalue weighted by Crippen LogP contribution is -2.41. The van der Waals surface area contributed by atoms with E-state index in [1.165, 1.54) is 0 Å². The van der Waals surface area contributed by atoms with Gasteiger partial charge in [0.2, 0.25) is 0 Å². The number of hydrogen-bond donors (Lipinski definition) is 0. The highest BCUT2D eigenvalue weighted by molar-refractivity contribution is 5.97. The molecule has 1 aromatic heterocycles. The number of carbonyl (C=O) groups is 1. The second-order valence-corrected chi connectivity index (χ2v) is 9.29. The summed E-state index contributed by atoms with van der Waals surface area (Å²) in [4.78, 5) is 24.2. The molecule has 1 aliphatic rings. The molecule has 0 aliphatic carbocycles. The highest BCUT2D eigenvalue weighted by Gasteiger charge is 2.40. The summed E-state index contributed by atoms with van der Waals surface area (Å²) < 4.78 is 0. The van der Waals surface area contributed by atoms with Crippen molar-refractivity contribution in [3.8, 4) is 0 Å². The number of rotatable bonds is 0.